The molecule has 16 heteroatoms. The number of rotatable bonds is 12. The quantitative estimate of drug-likeness (QED) is 0.105. The van der Waals surface area contributed by atoms with Crippen molar-refractivity contribution in [1.82, 2.24) is 4.98 Å². The van der Waals surface area contributed by atoms with Crippen LogP contribution in [0.3, 0.4) is 0 Å². The second kappa shape index (κ2) is 14.9. The van der Waals surface area contributed by atoms with Crippen LogP contribution in [0.5, 0.6) is 0 Å². The van der Waals surface area contributed by atoms with Gasteiger partial charge >= 0.3 is 16.2 Å². The Bertz CT molecular complexity index is 807. The number of unbranched alkanes of at least 4 members (excludes halogenated alkanes) is 1. The summed E-state index contributed by atoms with van der Waals surface area (Å²) < 4.78 is 24.5. The summed E-state index contributed by atoms with van der Waals surface area (Å²) in [5, 5.41) is 15.4. The van der Waals surface area contributed by atoms with Gasteiger partial charge in [-0.05, 0) is 19.4 Å². The highest BCUT2D eigenvalue weighted by Gasteiger charge is 2.09. The predicted molar refractivity (Wildman–Crippen MR) is 122 cm³/mol. The van der Waals surface area contributed by atoms with Gasteiger partial charge < -0.3 is 33.8 Å². The number of hydrogen-bond donors (Lipinski definition) is 7. The largest absolute Gasteiger partial charge is 0.480 e. The van der Waals surface area contributed by atoms with Crippen molar-refractivity contribution in [2.45, 2.75) is 37.5 Å². The average molecular weight is 484 g/mol. The maximum Gasteiger partial charge on any atom is 0.320 e. The van der Waals surface area contributed by atoms with Crippen LogP contribution in [-0.4, -0.2) is 54.6 Å². The number of aromatic nitrogens is 1. The van der Waals surface area contributed by atoms with Crippen LogP contribution in [0.25, 0.3) is 0 Å². The molecule has 30 heavy (non-hydrogen) atoms. The van der Waals surface area contributed by atoms with Gasteiger partial charge in [0.05, 0.1) is 5.69 Å². The Morgan fingerprint density at radius 3 is 2.50 bits per heavy atom. The molecule has 0 fully saturated rings. The summed E-state index contributed by atoms with van der Waals surface area (Å²) in [4.78, 5) is 18.2. The number of nitrogens with zero attached hydrogens (tertiary/aromatic N) is 3. The molecular weight excluding hydrogens is 454 g/mol. The molecule has 0 saturated carbocycles. The van der Waals surface area contributed by atoms with Crippen molar-refractivity contribution in [2.75, 3.05) is 12.3 Å². The van der Waals surface area contributed by atoms with Crippen molar-refractivity contribution >= 4 is 56.2 Å². The van der Waals surface area contributed by atoms with Crippen LogP contribution in [0.4, 0.5) is 5.13 Å². The zero-order valence-corrected chi connectivity index (χ0v) is 18.8. The molecule has 0 aliphatic carbocycles. The van der Waals surface area contributed by atoms with Crippen molar-refractivity contribution in [1.29, 1.82) is 0 Å². The molecule has 0 aliphatic heterocycles. The van der Waals surface area contributed by atoms with E-state index in [1.54, 1.807) is 0 Å². The van der Waals surface area contributed by atoms with E-state index in [0.29, 0.717) is 36.0 Å². The fraction of sp³-hybridized carbons (Fsp3) is 0.571. The van der Waals surface area contributed by atoms with Gasteiger partial charge in [0.15, 0.2) is 5.96 Å². The number of carbonyl (C=O) groups is 1. The normalized spacial score (nSPS) is 12.6. The highest BCUT2D eigenvalue weighted by molar-refractivity contribution is 7.98. The number of guanidine groups is 1. The number of hydrogen-bond acceptors (Lipinski definition) is 9. The first-order valence-electron chi connectivity index (χ1n) is 8.61. The van der Waals surface area contributed by atoms with Crippen LogP contribution in [0.1, 0.15) is 31.4 Å². The lowest BCUT2D eigenvalue weighted by molar-refractivity contribution is -0.138. The van der Waals surface area contributed by atoms with Crippen LogP contribution in [0.2, 0.25) is 0 Å². The molecule has 1 rings (SSSR count). The maximum atomic E-state index is 10.6. The zero-order chi connectivity index (χ0) is 23.2. The second-order valence-electron chi connectivity index (χ2n) is 5.79. The van der Waals surface area contributed by atoms with Gasteiger partial charge in [-0.15, -0.1) is 15.7 Å². The molecular formula is C14H29N9O4S3. The van der Waals surface area contributed by atoms with E-state index in [-0.39, 0.29) is 11.8 Å². The van der Waals surface area contributed by atoms with Crippen LogP contribution in [0, 0.1) is 0 Å². The van der Waals surface area contributed by atoms with Gasteiger partial charge in [-0.25, -0.2) is 10.1 Å². The minimum atomic E-state index is -3.92. The summed E-state index contributed by atoms with van der Waals surface area (Å²) >= 11 is 2.86. The molecule has 0 aliphatic rings. The highest BCUT2D eigenvalue weighted by Crippen LogP contribution is 2.21. The number of carboxylic acids is 1. The van der Waals surface area contributed by atoms with E-state index >= 15 is 0 Å². The van der Waals surface area contributed by atoms with Crippen molar-refractivity contribution < 1.29 is 18.3 Å². The Labute approximate surface area is 183 Å². The number of aliphatic carboxylic acids is 1. The van der Waals surface area contributed by atoms with Crippen molar-refractivity contribution in [2.24, 2.45) is 43.2 Å². The Hall–Kier alpha value is -1.98. The Balaban J connectivity index is 0.000000710. The Kier molecular flexibility index (Phi) is 13.9. The molecule has 1 aromatic heterocycles. The second-order valence-corrected chi connectivity index (χ2v) is 8.94. The molecule has 0 amide bonds. The summed E-state index contributed by atoms with van der Waals surface area (Å²) in [6.45, 7) is 0.604. The monoisotopic (exact) mass is 483 g/mol. The van der Waals surface area contributed by atoms with Crippen LogP contribution >= 0.6 is 23.1 Å². The average Bonchev–Trinajstić information content (AvgIpc) is 3.04. The van der Waals surface area contributed by atoms with E-state index < -0.39 is 22.2 Å². The van der Waals surface area contributed by atoms with Gasteiger partial charge in [0.2, 0.25) is 5.13 Å². The van der Waals surface area contributed by atoms with Crippen LogP contribution in [0.15, 0.2) is 14.8 Å². The van der Waals surface area contributed by atoms with Gasteiger partial charge in [0.25, 0.3) is 0 Å². The molecule has 0 aromatic carbocycles. The minimum absolute atomic E-state index is 0.0144. The van der Waals surface area contributed by atoms with E-state index in [0.717, 1.165) is 18.5 Å². The summed E-state index contributed by atoms with van der Waals surface area (Å²) in [7, 11) is -3.92. The van der Waals surface area contributed by atoms with Crippen molar-refractivity contribution in [3.05, 3.63) is 11.1 Å². The van der Waals surface area contributed by atoms with Gasteiger partial charge in [-0.2, -0.15) is 25.2 Å². The van der Waals surface area contributed by atoms with E-state index in [9.17, 15) is 13.2 Å². The molecule has 1 heterocycles. The molecule has 0 radical (unpaired) electrons. The van der Waals surface area contributed by atoms with Gasteiger partial charge in [-0.1, -0.05) is 6.42 Å². The van der Waals surface area contributed by atoms with Gasteiger partial charge in [0.1, 0.15) is 11.9 Å². The van der Waals surface area contributed by atoms with Gasteiger partial charge in [0, 0.05) is 23.3 Å². The molecule has 0 spiro atoms. The first-order valence-corrected chi connectivity index (χ1v) is 12.2. The van der Waals surface area contributed by atoms with Crippen LogP contribution in [-0.2, 0) is 20.8 Å². The lowest BCUT2D eigenvalue weighted by Crippen LogP contribution is -2.29. The standard InChI is InChI=1S/C8H15N7O2S3.C6H14N2O2/c9-6(15-20(12,16)17)1-2-18-3-5-4-19-8(13-5)14-7(10)11;7-4-2-1-3-5(8)6(9)10/h4H,1-3H2,(H2,9,15)(H2,12,16,17)(H4,10,11,13,14);5H,1-4,7-8H2,(H,9,10). The van der Waals surface area contributed by atoms with Crippen molar-refractivity contribution in [3.63, 3.8) is 0 Å². The molecule has 0 saturated heterocycles. The maximum absolute atomic E-state index is 10.6. The summed E-state index contributed by atoms with van der Waals surface area (Å²) in [6, 6.07) is -0.716. The number of thiazole rings is 1. The smallest absolute Gasteiger partial charge is 0.320 e. The first kappa shape index (κ1) is 28.0. The molecule has 1 atom stereocenters. The summed E-state index contributed by atoms with van der Waals surface area (Å²) in [6.07, 6.45) is 2.49. The first-order chi connectivity index (χ1) is 13.9. The number of thioether (sulfide) groups is 1. The minimum Gasteiger partial charge on any atom is -0.480 e. The van der Waals surface area contributed by atoms with Crippen molar-refractivity contribution in [3.8, 4) is 0 Å². The number of carboxylic acid groups (broad SMARTS) is 1. The molecule has 13 nitrogen and oxygen atoms in total. The number of amidine groups is 1. The third-order valence-corrected chi connectivity index (χ3v) is 5.31. The fourth-order valence-electron chi connectivity index (χ4n) is 1.72. The molecule has 172 valence electrons. The molecule has 0 bridgehead atoms. The summed E-state index contributed by atoms with van der Waals surface area (Å²) in [5.41, 5.74) is 27.2. The molecule has 13 N–H and O–H groups in total. The molecule has 1 unspecified atom stereocenters. The fourth-order valence-corrected chi connectivity index (χ4v) is 3.80. The number of aliphatic imine (C=N–C) groups is 1. The lowest BCUT2D eigenvalue weighted by atomic mass is 10.1. The van der Waals surface area contributed by atoms with E-state index in [2.05, 4.69) is 14.4 Å². The Morgan fingerprint density at radius 1 is 1.30 bits per heavy atom. The topological polar surface area (TPSA) is 265 Å². The predicted octanol–water partition coefficient (Wildman–Crippen LogP) is -1.24. The zero-order valence-electron chi connectivity index (χ0n) is 16.3. The van der Waals surface area contributed by atoms with Gasteiger partial charge in [-0.3, -0.25) is 4.79 Å². The van der Waals surface area contributed by atoms with Crippen LogP contribution < -0.4 is 33.8 Å². The molecule has 1 aromatic rings. The summed E-state index contributed by atoms with van der Waals surface area (Å²) in [5.74, 6) is 0.251. The number of nitrogens with two attached hydrogens (primary N) is 6. The highest BCUT2D eigenvalue weighted by atomic mass is 32.2. The van der Waals surface area contributed by atoms with E-state index in [1.807, 2.05) is 5.38 Å². The SMILES string of the molecule is NC(N)=Nc1nc(CSCCC(N)=NS(N)(=O)=O)cs1.NCCCCC(N)C(=O)O. The third kappa shape index (κ3) is 15.9. The third-order valence-electron chi connectivity index (χ3n) is 3.05. The lowest BCUT2D eigenvalue weighted by Gasteiger charge is -2.03. The Morgan fingerprint density at radius 2 is 1.97 bits per heavy atom. The van der Waals surface area contributed by atoms with E-state index in [4.69, 9.17) is 38.9 Å². The van der Waals surface area contributed by atoms with E-state index in [1.165, 1.54) is 23.1 Å².